The molecule has 1 N–H and O–H groups in total. The Balaban J connectivity index is 2.03. The van der Waals surface area contributed by atoms with Gasteiger partial charge >= 0.3 is 5.97 Å². The van der Waals surface area contributed by atoms with Gasteiger partial charge in [0, 0.05) is 23.2 Å². The van der Waals surface area contributed by atoms with E-state index in [2.05, 4.69) is 15.3 Å². The average molecular weight is 344 g/mol. The molecule has 0 saturated carbocycles. The van der Waals surface area contributed by atoms with E-state index in [1.165, 1.54) is 29.8 Å². The predicted molar refractivity (Wildman–Crippen MR) is 89.8 cm³/mol. The summed E-state index contributed by atoms with van der Waals surface area (Å²) < 4.78 is 5.05. The summed E-state index contributed by atoms with van der Waals surface area (Å²) in [4.78, 5) is 31.4. The number of carbonyl (C=O) groups excluding carboxylic acids is 1. The average Bonchev–Trinajstić information content (AvgIpc) is 3.00. The number of non-ortho nitro benzene ring substituents is 1. The van der Waals surface area contributed by atoms with Crippen LogP contribution in [0.5, 0.6) is 0 Å². The fourth-order valence-electron chi connectivity index (χ4n) is 2.16. The van der Waals surface area contributed by atoms with Gasteiger partial charge in [0.05, 0.1) is 22.5 Å². The summed E-state index contributed by atoms with van der Waals surface area (Å²) in [6, 6.07) is 6.04. The second-order valence-corrected chi connectivity index (χ2v) is 5.56. The number of nitro benzene ring substituents is 1. The molecule has 0 saturated heterocycles. The highest BCUT2D eigenvalue weighted by Gasteiger charge is 2.18. The molecule has 3 aromatic rings. The van der Waals surface area contributed by atoms with Crippen LogP contribution in [0.2, 0.25) is 0 Å². The Morgan fingerprint density at radius 1 is 1.42 bits per heavy atom. The van der Waals surface area contributed by atoms with Gasteiger partial charge in [0.25, 0.3) is 5.69 Å². The van der Waals surface area contributed by atoms with E-state index in [0.717, 1.165) is 0 Å². The molecule has 2 heterocycles. The lowest BCUT2D eigenvalue weighted by Gasteiger charge is -2.08. The molecule has 3 rings (SSSR count). The summed E-state index contributed by atoms with van der Waals surface area (Å²) in [6.45, 7) is 1.99. The van der Waals surface area contributed by atoms with Crippen molar-refractivity contribution in [2.24, 2.45) is 0 Å². The van der Waals surface area contributed by atoms with Crippen LogP contribution in [0, 0.1) is 10.1 Å². The molecule has 0 bridgehead atoms. The molecule has 0 aliphatic carbocycles. The van der Waals surface area contributed by atoms with Crippen LogP contribution in [0.15, 0.2) is 36.0 Å². The SMILES string of the molecule is CCOC(=O)c1csc2ncnc(Nc3cccc([N+](=O)[O-])c3)c12. The number of anilines is 2. The molecule has 122 valence electrons. The van der Waals surface area contributed by atoms with Crippen molar-refractivity contribution in [3.8, 4) is 0 Å². The van der Waals surface area contributed by atoms with Crippen LogP contribution in [-0.2, 0) is 4.74 Å². The maximum Gasteiger partial charge on any atom is 0.339 e. The van der Waals surface area contributed by atoms with Crippen LogP contribution in [0.3, 0.4) is 0 Å². The fourth-order valence-corrected chi connectivity index (χ4v) is 3.04. The van der Waals surface area contributed by atoms with Gasteiger partial charge in [-0.2, -0.15) is 0 Å². The molecule has 1 aromatic carbocycles. The van der Waals surface area contributed by atoms with Crippen molar-refractivity contribution >= 4 is 44.7 Å². The lowest BCUT2D eigenvalue weighted by atomic mass is 10.2. The van der Waals surface area contributed by atoms with E-state index in [1.807, 2.05) is 0 Å². The summed E-state index contributed by atoms with van der Waals surface area (Å²) in [5.74, 6) is -0.0644. The third-order valence-electron chi connectivity index (χ3n) is 3.19. The van der Waals surface area contributed by atoms with Crippen LogP contribution in [-0.4, -0.2) is 27.5 Å². The van der Waals surface area contributed by atoms with Gasteiger partial charge in [0.15, 0.2) is 0 Å². The normalized spacial score (nSPS) is 10.5. The first-order valence-electron chi connectivity index (χ1n) is 7.01. The zero-order chi connectivity index (χ0) is 17.1. The van der Waals surface area contributed by atoms with Crippen molar-refractivity contribution in [1.29, 1.82) is 0 Å². The molecule has 2 aromatic heterocycles. The number of thiophene rings is 1. The second-order valence-electron chi connectivity index (χ2n) is 4.70. The van der Waals surface area contributed by atoms with Gasteiger partial charge in [-0.3, -0.25) is 10.1 Å². The van der Waals surface area contributed by atoms with Gasteiger partial charge < -0.3 is 10.1 Å². The lowest BCUT2D eigenvalue weighted by Crippen LogP contribution is -2.05. The van der Waals surface area contributed by atoms with Gasteiger partial charge in [0.1, 0.15) is 17.0 Å². The van der Waals surface area contributed by atoms with Crippen molar-refractivity contribution in [3.63, 3.8) is 0 Å². The first-order valence-corrected chi connectivity index (χ1v) is 7.89. The third kappa shape index (κ3) is 3.01. The number of hydrogen-bond acceptors (Lipinski definition) is 8. The molecule has 8 nitrogen and oxygen atoms in total. The van der Waals surface area contributed by atoms with Crippen LogP contribution < -0.4 is 5.32 Å². The molecule has 9 heteroatoms. The van der Waals surface area contributed by atoms with Crippen LogP contribution in [0.4, 0.5) is 17.2 Å². The minimum Gasteiger partial charge on any atom is -0.462 e. The standard InChI is InChI=1S/C15H12N4O4S/c1-2-23-15(20)11-7-24-14-12(11)13(16-8-17-14)18-9-4-3-5-10(6-9)19(21)22/h3-8H,2H2,1H3,(H,16,17,18). The lowest BCUT2D eigenvalue weighted by molar-refractivity contribution is -0.384. The molecule has 0 aliphatic heterocycles. The Hall–Kier alpha value is -3.07. The molecule has 0 fully saturated rings. The maximum absolute atomic E-state index is 12.1. The number of nitro groups is 1. The summed E-state index contributed by atoms with van der Waals surface area (Å²) >= 11 is 1.30. The van der Waals surface area contributed by atoms with Crippen molar-refractivity contribution in [1.82, 2.24) is 9.97 Å². The second kappa shape index (κ2) is 6.59. The van der Waals surface area contributed by atoms with E-state index in [4.69, 9.17) is 4.74 Å². The first kappa shape index (κ1) is 15.8. The van der Waals surface area contributed by atoms with Gasteiger partial charge in [-0.15, -0.1) is 11.3 Å². The monoisotopic (exact) mass is 344 g/mol. The van der Waals surface area contributed by atoms with E-state index >= 15 is 0 Å². The smallest absolute Gasteiger partial charge is 0.339 e. The van der Waals surface area contributed by atoms with E-state index < -0.39 is 10.9 Å². The number of benzene rings is 1. The molecule has 24 heavy (non-hydrogen) atoms. The number of nitrogens with zero attached hydrogens (tertiary/aromatic N) is 3. The van der Waals surface area contributed by atoms with Gasteiger partial charge in [-0.05, 0) is 13.0 Å². The number of aromatic nitrogens is 2. The molecule has 0 spiro atoms. The molecular weight excluding hydrogens is 332 g/mol. The summed E-state index contributed by atoms with van der Waals surface area (Å²) in [5, 5.41) is 16.1. The first-order chi connectivity index (χ1) is 11.6. The topological polar surface area (TPSA) is 107 Å². The Morgan fingerprint density at radius 2 is 2.25 bits per heavy atom. The van der Waals surface area contributed by atoms with Gasteiger partial charge in [-0.1, -0.05) is 6.07 Å². The van der Waals surface area contributed by atoms with Crippen LogP contribution >= 0.6 is 11.3 Å². The highest BCUT2D eigenvalue weighted by molar-refractivity contribution is 7.17. The quantitative estimate of drug-likeness (QED) is 0.428. The third-order valence-corrected chi connectivity index (χ3v) is 4.07. The summed E-state index contributed by atoms with van der Waals surface area (Å²) in [5.41, 5.74) is 0.817. The fraction of sp³-hybridized carbons (Fsp3) is 0.133. The molecule has 0 unspecified atom stereocenters. The molecular formula is C15H12N4O4S. The minimum atomic E-state index is -0.477. The number of nitrogens with one attached hydrogen (secondary N) is 1. The number of esters is 1. The zero-order valence-corrected chi connectivity index (χ0v) is 13.4. The maximum atomic E-state index is 12.1. The number of carbonyl (C=O) groups is 1. The highest BCUT2D eigenvalue weighted by Crippen LogP contribution is 2.32. The van der Waals surface area contributed by atoms with Crippen molar-refractivity contribution in [2.75, 3.05) is 11.9 Å². The Labute approximate surface area is 140 Å². The van der Waals surface area contributed by atoms with Crippen molar-refractivity contribution < 1.29 is 14.5 Å². The van der Waals surface area contributed by atoms with Crippen molar-refractivity contribution in [3.05, 3.63) is 51.7 Å². The molecule has 0 aliphatic rings. The van der Waals surface area contributed by atoms with Crippen LogP contribution in [0.25, 0.3) is 10.2 Å². The largest absolute Gasteiger partial charge is 0.462 e. The Kier molecular flexibility index (Phi) is 4.34. The molecule has 0 amide bonds. The summed E-state index contributed by atoms with van der Waals surface area (Å²) in [7, 11) is 0. The predicted octanol–water partition coefficient (Wildman–Crippen LogP) is 3.52. The summed E-state index contributed by atoms with van der Waals surface area (Å²) in [6.07, 6.45) is 1.37. The van der Waals surface area contributed by atoms with E-state index in [9.17, 15) is 14.9 Å². The van der Waals surface area contributed by atoms with E-state index in [-0.39, 0.29) is 12.3 Å². The van der Waals surface area contributed by atoms with E-state index in [1.54, 1.807) is 24.4 Å². The van der Waals surface area contributed by atoms with Crippen molar-refractivity contribution in [2.45, 2.75) is 6.92 Å². The number of fused-ring (bicyclic) bond motifs is 1. The minimum absolute atomic E-state index is 0.0405. The number of rotatable bonds is 5. The highest BCUT2D eigenvalue weighted by atomic mass is 32.1. The van der Waals surface area contributed by atoms with Gasteiger partial charge in [0.2, 0.25) is 0 Å². The molecule has 0 radical (unpaired) electrons. The molecule has 0 atom stereocenters. The number of ether oxygens (including phenoxy) is 1. The van der Waals surface area contributed by atoms with Crippen LogP contribution in [0.1, 0.15) is 17.3 Å². The Morgan fingerprint density at radius 3 is 3.00 bits per heavy atom. The number of hydrogen-bond donors (Lipinski definition) is 1. The van der Waals surface area contributed by atoms with Gasteiger partial charge in [-0.25, -0.2) is 14.8 Å². The zero-order valence-electron chi connectivity index (χ0n) is 12.6. The van der Waals surface area contributed by atoms with E-state index in [0.29, 0.717) is 27.3 Å². The Bertz CT molecular complexity index is 925.